The van der Waals surface area contributed by atoms with Crippen molar-refractivity contribution >= 4 is 18.0 Å². The number of aliphatic hydroxyl groups is 4. The van der Waals surface area contributed by atoms with E-state index >= 15 is 0 Å². The second-order valence-corrected chi connectivity index (χ2v) is 16.2. The van der Waals surface area contributed by atoms with E-state index in [1.807, 2.05) is 32.6 Å². The number of H-pyrrole nitrogens is 1. The van der Waals surface area contributed by atoms with Gasteiger partial charge in [-0.3, -0.25) is 9.89 Å². The van der Waals surface area contributed by atoms with Gasteiger partial charge in [-0.25, -0.2) is 4.79 Å². The third kappa shape index (κ3) is 10.6. The first-order valence-electron chi connectivity index (χ1n) is 19.6. The Bertz CT molecular complexity index is 1570. The van der Waals surface area contributed by atoms with Crippen molar-refractivity contribution < 1.29 is 39.5 Å². The second kappa shape index (κ2) is 18.9. The number of carbonyl (C=O) groups is 2. The zero-order chi connectivity index (χ0) is 39.0. The monoisotopic (exact) mass is 754 g/mol. The van der Waals surface area contributed by atoms with Gasteiger partial charge in [0, 0.05) is 50.4 Å². The summed E-state index contributed by atoms with van der Waals surface area (Å²) < 4.78 is 11.5. The van der Waals surface area contributed by atoms with Crippen molar-refractivity contribution in [1.82, 2.24) is 30.6 Å². The molecule has 3 aliphatic rings. The van der Waals surface area contributed by atoms with Crippen LogP contribution in [0.15, 0.2) is 24.3 Å². The first-order chi connectivity index (χ1) is 25.8. The molecule has 0 radical (unpaired) electrons. The third-order valence-corrected chi connectivity index (χ3v) is 11.2. The average Bonchev–Trinajstić information content (AvgIpc) is 3.55. The zero-order valence-corrected chi connectivity index (χ0v) is 32.6. The zero-order valence-electron chi connectivity index (χ0n) is 32.6. The lowest BCUT2D eigenvalue weighted by Gasteiger charge is -2.47. The molecule has 5 rings (SSSR count). The number of aromatic nitrogens is 2. The van der Waals surface area contributed by atoms with E-state index in [4.69, 9.17) is 9.47 Å². The van der Waals surface area contributed by atoms with Crippen LogP contribution in [0.3, 0.4) is 0 Å². The summed E-state index contributed by atoms with van der Waals surface area (Å²) in [4.78, 5) is 29.2. The van der Waals surface area contributed by atoms with Crippen LogP contribution in [-0.4, -0.2) is 135 Å². The topological polar surface area (TPSA) is 193 Å². The molecule has 14 heteroatoms. The highest BCUT2D eigenvalue weighted by atomic mass is 16.7. The van der Waals surface area contributed by atoms with Crippen molar-refractivity contribution in [1.29, 1.82) is 0 Å². The molecule has 7 N–H and O–H groups in total. The molecule has 54 heavy (non-hydrogen) atoms. The molecule has 3 aliphatic heterocycles. The Kier molecular flexibility index (Phi) is 14.6. The lowest BCUT2D eigenvalue weighted by molar-refractivity contribution is -0.278. The highest BCUT2D eigenvalue weighted by Crippen LogP contribution is 2.40. The van der Waals surface area contributed by atoms with Crippen LogP contribution in [0.1, 0.15) is 93.7 Å². The molecule has 0 aliphatic carbocycles. The number of piperidine rings is 2. The standard InChI is InChI=1S/C40H62N6O8/c1-25(2)21-41-39(52)42-22-32(48)46-17-13-40(14-18-46)12-8-16-45(24-40)15-7-6-9-28-10-11-29(27(5)19-28)20-30-33(26(3)4)43-44-37(30)54-38-36(51)35(50)34(49)31(23-47)53-38/h6,9-11,19,25-26,31,34-36,38,47,49-51H,7-8,12-18,20-24H2,1-5H3,(H,43,44)(H2,41,42,52)/b9-6+/t31-,34-,35+,36-,38+/m1/s1. The SMILES string of the molecule is Cc1cc(/C=C/CCN2CCCC3(CCN(C(=O)CNC(=O)NCC(C)C)CC3)C2)ccc1Cc1c(O[C@@H]2O[C@H](CO)[C@@H](O)[C@H](O)[C@H]2O)n[nH]c1C(C)C. The number of nitrogens with zero attached hydrogens (tertiary/aromatic N) is 3. The number of aliphatic hydroxyl groups excluding tert-OH is 4. The number of likely N-dealkylation sites (tertiary alicyclic amines) is 2. The molecular formula is C40H62N6O8. The number of carbonyl (C=O) groups excluding carboxylic acids is 2. The lowest BCUT2D eigenvalue weighted by Crippen LogP contribution is -2.60. The van der Waals surface area contributed by atoms with Crippen LogP contribution in [0.25, 0.3) is 6.08 Å². The van der Waals surface area contributed by atoms with Gasteiger partial charge >= 0.3 is 6.03 Å². The van der Waals surface area contributed by atoms with Crippen LogP contribution >= 0.6 is 0 Å². The number of nitrogens with one attached hydrogen (secondary N) is 3. The molecule has 1 aromatic heterocycles. The van der Waals surface area contributed by atoms with E-state index < -0.39 is 37.3 Å². The molecule has 0 unspecified atom stereocenters. The number of amides is 3. The quantitative estimate of drug-likeness (QED) is 0.151. The van der Waals surface area contributed by atoms with Crippen molar-refractivity contribution in [3.8, 4) is 5.88 Å². The number of urea groups is 1. The summed E-state index contributed by atoms with van der Waals surface area (Å²) in [5.74, 6) is 0.685. The van der Waals surface area contributed by atoms with Crippen LogP contribution in [0.4, 0.5) is 4.79 Å². The molecule has 0 saturated carbocycles. The Balaban J connectivity index is 1.11. The molecule has 0 bridgehead atoms. The van der Waals surface area contributed by atoms with E-state index in [0.717, 1.165) is 79.9 Å². The molecule has 5 atom stereocenters. The summed E-state index contributed by atoms with van der Waals surface area (Å²) in [5.41, 5.74) is 5.25. The maximum atomic E-state index is 12.8. The molecule has 3 amide bonds. The summed E-state index contributed by atoms with van der Waals surface area (Å²) in [6.45, 7) is 14.9. The van der Waals surface area contributed by atoms with E-state index in [-0.39, 0.29) is 35.7 Å². The van der Waals surface area contributed by atoms with Gasteiger partial charge in [0.25, 0.3) is 0 Å². The summed E-state index contributed by atoms with van der Waals surface area (Å²) in [5, 5.41) is 53.4. The van der Waals surface area contributed by atoms with E-state index in [1.54, 1.807) is 0 Å². The van der Waals surface area contributed by atoms with Gasteiger partial charge < -0.3 is 50.3 Å². The predicted molar refractivity (Wildman–Crippen MR) is 205 cm³/mol. The summed E-state index contributed by atoms with van der Waals surface area (Å²) in [7, 11) is 0. The Hall–Kier alpha value is -3.53. The highest BCUT2D eigenvalue weighted by molar-refractivity contribution is 5.84. The summed E-state index contributed by atoms with van der Waals surface area (Å²) in [6.07, 6.45) is 3.28. The van der Waals surface area contributed by atoms with Crippen LogP contribution in [0, 0.1) is 18.3 Å². The number of rotatable bonds is 14. The van der Waals surface area contributed by atoms with Crippen molar-refractivity contribution in [2.45, 2.75) is 110 Å². The first kappa shape index (κ1) is 41.6. The van der Waals surface area contributed by atoms with Gasteiger partial charge in [-0.2, -0.15) is 0 Å². The molecule has 300 valence electrons. The van der Waals surface area contributed by atoms with E-state index in [1.165, 1.54) is 12.8 Å². The molecule has 1 aromatic carbocycles. The number of aryl methyl sites for hydroxylation is 1. The van der Waals surface area contributed by atoms with Gasteiger partial charge in [0.15, 0.2) is 0 Å². The molecule has 3 fully saturated rings. The maximum Gasteiger partial charge on any atom is 0.315 e. The average molecular weight is 755 g/mol. The minimum Gasteiger partial charge on any atom is -0.443 e. The van der Waals surface area contributed by atoms with Crippen LogP contribution in [0.2, 0.25) is 0 Å². The fourth-order valence-corrected chi connectivity index (χ4v) is 7.84. The van der Waals surface area contributed by atoms with Gasteiger partial charge in [-0.05, 0) is 79.5 Å². The van der Waals surface area contributed by atoms with Crippen molar-refractivity contribution in [2.24, 2.45) is 11.3 Å². The van der Waals surface area contributed by atoms with Gasteiger partial charge in [0.2, 0.25) is 18.1 Å². The minimum atomic E-state index is -1.54. The van der Waals surface area contributed by atoms with E-state index in [2.05, 4.69) is 63.0 Å². The number of hydrogen-bond donors (Lipinski definition) is 7. The third-order valence-electron chi connectivity index (χ3n) is 11.2. The van der Waals surface area contributed by atoms with Crippen LogP contribution in [0.5, 0.6) is 5.88 Å². The fourth-order valence-electron chi connectivity index (χ4n) is 7.84. The number of hydrogen-bond acceptors (Lipinski definition) is 10. The first-order valence-corrected chi connectivity index (χ1v) is 19.6. The van der Waals surface area contributed by atoms with Crippen molar-refractivity contribution in [3.63, 3.8) is 0 Å². The van der Waals surface area contributed by atoms with E-state index in [9.17, 15) is 30.0 Å². The number of ether oxygens (including phenoxy) is 2. The van der Waals surface area contributed by atoms with Gasteiger partial charge in [0.1, 0.15) is 24.4 Å². The van der Waals surface area contributed by atoms with E-state index in [0.29, 0.717) is 18.9 Å². The molecule has 4 heterocycles. The highest BCUT2D eigenvalue weighted by Gasteiger charge is 2.45. The Morgan fingerprint density at radius 3 is 2.52 bits per heavy atom. The molecular weight excluding hydrogens is 692 g/mol. The minimum absolute atomic E-state index is 0.0157. The Labute approximate surface area is 319 Å². The fraction of sp³-hybridized carbons (Fsp3) is 0.675. The normalized spacial score (nSPS) is 24.8. The van der Waals surface area contributed by atoms with Gasteiger partial charge in [-0.1, -0.05) is 58.0 Å². The smallest absolute Gasteiger partial charge is 0.315 e. The van der Waals surface area contributed by atoms with Gasteiger partial charge in [-0.15, -0.1) is 5.10 Å². The number of aromatic amines is 1. The predicted octanol–water partition coefficient (Wildman–Crippen LogP) is 2.67. The molecule has 14 nitrogen and oxygen atoms in total. The molecule has 3 saturated heterocycles. The second-order valence-electron chi connectivity index (χ2n) is 16.2. The molecule has 1 spiro atoms. The van der Waals surface area contributed by atoms with Crippen LogP contribution in [-0.2, 0) is 16.0 Å². The molecule has 2 aromatic rings. The maximum absolute atomic E-state index is 12.8. The van der Waals surface area contributed by atoms with Gasteiger partial charge in [0.05, 0.1) is 13.2 Å². The van der Waals surface area contributed by atoms with Crippen molar-refractivity contribution in [2.75, 3.05) is 52.4 Å². The largest absolute Gasteiger partial charge is 0.443 e. The lowest BCUT2D eigenvalue weighted by atomic mass is 9.72. The Morgan fingerprint density at radius 2 is 1.83 bits per heavy atom. The summed E-state index contributed by atoms with van der Waals surface area (Å²) >= 11 is 0. The Morgan fingerprint density at radius 1 is 1.07 bits per heavy atom. The van der Waals surface area contributed by atoms with Crippen molar-refractivity contribution in [3.05, 3.63) is 52.2 Å². The van der Waals surface area contributed by atoms with Crippen LogP contribution < -0.4 is 15.4 Å². The summed E-state index contributed by atoms with van der Waals surface area (Å²) in [6, 6.07) is 6.08. The number of benzene rings is 1.